The maximum atomic E-state index is 14.8. The number of carbonyl (C=O) groups is 3. The molecule has 312 valence electrons. The van der Waals surface area contributed by atoms with Crippen molar-refractivity contribution in [3.05, 3.63) is 129 Å². The van der Waals surface area contributed by atoms with E-state index in [1.807, 2.05) is 18.0 Å². The summed E-state index contributed by atoms with van der Waals surface area (Å²) in [6.45, 7) is 6.54. The second kappa shape index (κ2) is 18.4. The van der Waals surface area contributed by atoms with Crippen molar-refractivity contribution in [2.75, 3.05) is 24.3 Å². The van der Waals surface area contributed by atoms with Gasteiger partial charge in [0.25, 0.3) is 11.8 Å². The van der Waals surface area contributed by atoms with Crippen LogP contribution in [0, 0.1) is 17.6 Å². The lowest BCUT2D eigenvalue weighted by atomic mass is 10.0. The molecule has 2 amide bonds. The van der Waals surface area contributed by atoms with Crippen LogP contribution < -0.4 is 25.0 Å². The van der Waals surface area contributed by atoms with Gasteiger partial charge < -0.3 is 24.2 Å². The summed E-state index contributed by atoms with van der Waals surface area (Å²) in [6.07, 6.45) is 4.42. The van der Waals surface area contributed by atoms with E-state index in [4.69, 9.17) is 14.0 Å². The van der Waals surface area contributed by atoms with E-state index in [1.165, 1.54) is 23.2 Å². The molecule has 2 unspecified atom stereocenters. The molecule has 1 saturated carbocycles. The lowest BCUT2D eigenvalue weighted by Crippen LogP contribution is -2.70. The average Bonchev–Trinajstić information content (AvgIpc) is 3.69. The zero-order chi connectivity index (χ0) is 42.3. The molecule has 1 N–H and O–H groups in total. The van der Waals surface area contributed by atoms with Crippen LogP contribution in [0.25, 0.3) is 0 Å². The number of hydrogen-bond acceptors (Lipinski definition) is 9. The van der Waals surface area contributed by atoms with Crippen molar-refractivity contribution in [2.24, 2.45) is 10.7 Å². The highest BCUT2D eigenvalue weighted by molar-refractivity contribution is 7.58. The summed E-state index contributed by atoms with van der Waals surface area (Å²) in [6, 6.07) is 20.4. The molecule has 2 atom stereocenters. The van der Waals surface area contributed by atoms with Gasteiger partial charge in [-0.1, -0.05) is 54.6 Å². The zero-order valence-electron chi connectivity index (χ0n) is 33.4. The largest absolute Gasteiger partial charge is 0.482 e. The first-order valence-electron chi connectivity index (χ1n) is 19.6. The zero-order valence-corrected chi connectivity index (χ0v) is 34.3. The Morgan fingerprint density at radius 3 is 2.31 bits per heavy atom. The van der Waals surface area contributed by atoms with Gasteiger partial charge >= 0.3 is 13.5 Å². The number of ether oxygens (including phenoxy) is 2. The summed E-state index contributed by atoms with van der Waals surface area (Å²) in [7, 11) is -4.04. The van der Waals surface area contributed by atoms with Gasteiger partial charge in [0.05, 0.1) is 18.2 Å². The van der Waals surface area contributed by atoms with E-state index in [-0.39, 0.29) is 61.3 Å². The quantitative estimate of drug-likeness (QED) is 0.0700. The van der Waals surface area contributed by atoms with Crippen LogP contribution in [0.3, 0.4) is 0 Å². The topological polar surface area (TPSA) is 149 Å². The summed E-state index contributed by atoms with van der Waals surface area (Å²) in [5.41, 5.74) is -1.73. The van der Waals surface area contributed by atoms with Crippen molar-refractivity contribution in [3.63, 3.8) is 0 Å². The number of hydrogen-bond donors (Lipinski definition) is 1. The molecule has 1 aromatic heterocycles. The maximum Gasteiger partial charge on any atom is 0.363 e. The molecular formula is C43H48F2N5O8P. The van der Waals surface area contributed by atoms with E-state index >= 15 is 0 Å². The lowest BCUT2D eigenvalue weighted by Gasteiger charge is -2.54. The first-order valence-corrected chi connectivity index (χ1v) is 21.4. The van der Waals surface area contributed by atoms with Crippen LogP contribution in [0.5, 0.6) is 11.5 Å². The van der Waals surface area contributed by atoms with Crippen molar-refractivity contribution in [3.8, 4) is 11.5 Å². The second-order valence-corrected chi connectivity index (χ2v) is 16.9. The smallest absolute Gasteiger partial charge is 0.363 e. The molecule has 1 aliphatic carbocycles. The number of benzene rings is 3. The molecule has 0 saturated heterocycles. The van der Waals surface area contributed by atoms with E-state index in [1.54, 1.807) is 80.3 Å². The maximum absolute atomic E-state index is 14.8. The van der Waals surface area contributed by atoms with Gasteiger partial charge in [-0.2, -0.15) is 0 Å². The standard InChI is InChI=1S/C43H48F2N5O8P/c1-5-48-41(53)37-39(56-28-31-14-8-6-9-15-31)38(51)35(40(52)46-26-32-18-19-33(44)24-36(32)45)27-49(37)50(43(48)20-12-13-21-43)22-23-59(55,58-34-16-10-7-11-17-34)47-25-30(4)42(54)57-29(2)3/h6-11,14-19,24-25,27,29-30H,5,12-13,20-23,26,28H2,1-4H3,(H,46,52)/b47-25-. The molecule has 0 radical (unpaired) electrons. The Kier molecular flexibility index (Phi) is 13.3. The number of aromatic nitrogens is 1. The first kappa shape index (κ1) is 42.8. The number of rotatable bonds is 16. The van der Waals surface area contributed by atoms with Gasteiger partial charge in [-0.3, -0.25) is 33.4 Å². The Morgan fingerprint density at radius 2 is 1.66 bits per heavy atom. The number of fused-ring (bicyclic) bond motifs is 1. The Hall–Kier alpha value is -5.82. The van der Waals surface area contributed by atoms with E-state index in [9.17, 15) is 32.5 Å². The highest BCUT2D eigenvalue weighted by Gasteiger charge is 2.53. The van der Waals surface area contributed by atoms with Gasteiger partial charge in [0, 0.05) is 43.7 Å². The molecule has 4 aromatic rings. The van der Waals surface area contributed by atoms with Crippen LogP contribution >= 0.6 is 7.52 Å². The molecule has 0 bridgehead atoms. The lowest BCUT2D eigenvalue weighted by molar-refractivity contribution is -0.149. The summed E-state index contributed by atoms with van der Waals surface area (Å²) < 4.78 is 66.5. The van der Waals surface area contributed by atoms with Crippen LogP contribution in [0.1, 0.15) is 85.4 Å². The number of amides is 2. The molecule has 1 spiro atoms. The number of nitrogens with zero attached hydrogens (tertiary/aromatic N) is 4. The van der Waals surface area contributed by atoms with Gasteiger partial charge in [-0.15, -0.1) is 0 Å². The van der Waals surface area contributed by atoms with E-state index in [2.05, 4.69) is 10.1 Å². The van der Waals surface area contributed by atoms with Gasteiger partial charge in [0.15, 0.2) is 11.4 Å². The summed E-state index contributed by atoms with van der Waals surface area (Å²) in [4.78, 5) is 57.3. The highest BCUT2D eigenvalue weighted by Crippen LogP contribution is 2.50. The molecule has 2 heterocycles. The minimum atomic E-state index is -4.04. The van der Waals surface area contributed by atoms with Crippen LogP contribution in [0.4, 0.5) is 8.78 Å². The summed E-state index contributed by atoms with van der Waals surface area (Å²) in [5, 5.41) is 4.38. The van der Waals surface area contributed by atoms with E-state index in [0.29, 0.717) is 24.5 Å². The van der Waals surface area contributed by atoms with Gasteiger partial charge in [-0.05, 0) is 77.1 Å². The predicted molar refractivity (Wildman–Crippen MR) is 218 cm³/mol. The highest BCUT2D eigenvalue weighted by atomic mass is 31.2. The number of pyridine rings is 1. The minimum absolute atomic E-state index is 0.0137. The number of carbonyl (C=O) groups excluding carboxylic acids is 3. The van der Waals surface area contributed by atoms with Crippen LogP contribution in [-0.2, 0) is 27.2 Å². The minimum Gasteiger partial charge on any atom is -0.482 e. The van der Waals surface area contributed by atoms with Crippen molar-refractivity contribution < 1.29 is 41.7 Å². The number of esters is 1. The number of para-hydroxylation sites is 1. The van der Waals surface area contributed by atoms with Crippen molar-refractivity contribution in [2.45, 2.75) is 78.3 Å². The van der Waals surface area contributed by atoms with Gasteiger partial charge in [0.1, 0.15) is 35.2 Å². The molecule has 2 aliphatic rings. The van der Waals surface area contributed by atoms with Crippen molar-refractivity contribution in [1.29, 1.82) is 0 Å². The summed E-state index contributed by atoms with van der Waals surface area (Å²) in [5.74, 6) is -4.56. The molecule has 1 aliphatic heterocycles. The Labute approximate surface area is 341 Å². The third kappa shape index (κ3) is 9.57. The molecule has 59 heavy (non-hydrogen) atoms. The molecule has 6 rings (SSSR count). The van der Waals surface area contributed by atoms with Crippen LogP contribution in [-0.4, -0.2) is 64.6 Å². The molecule has 13 nitrogen and oxygen atoms in total. The summed E-state index contributed by atoms with van der Waals surface area (Å²) >= 11 is 0. The van der Waals surface area contributed by atoms with E-state index in [0.717, 1.165) is 18.9 Å². The fourth-order valence-corrected chi connectivity index (χ4v) is 8.95. The third-order valence-corrected chi connectivity index (χ3v) is 12.0. The Balaban J connectivity index is 1.46. The fourth-order valence-electron chi connectivity index (χ4n) is 7.40. The van der Waals surface area contributed by atoms with Gasteiger partial charge in [0.2, 0.25) is 5.43 Å². The number of nitrogens with one attached hydrogen (secondary N) is 1. The Morgan fingerprint density at radius 1 is 0.983 bits per heavy atom. The molecular weight excluding hydrogens is 783 g/mol. The molecule has 1 fully saturated rings. The van der Waals surface area contributed by atoms with Crippen molar-refractivity contribution in [1.82, 2.24) is 14.9 Å². The monoisotopic (exact) mass is 831 g/mol. The molecule has 16 heteroatoms. The normalized spacial score (nSPS) is 16.2. The third-order valence-electron chi connectivity index (χ3n) is 10.3. The van der Waals surface area contributed by atoms with Crippen LogP contribution in [0.15, 0.2) is 94.6 Å². The number of halogens is 2. The average molecular weight is 832 g/mol. The predicted octanol–water partition coefficient (Wildman–Crippen LogP) is 7.25. The fraction of sp³-hybridized carbons (Fsp3) is 0.372. The van der Waals surface area contributed by atoms with Crippen LogP contribution in [0.2, 0.25) is 0 Å². The SMILES string of the molecule is CCN1C(=O)c2c(OCc3ccccc3)c(=O)c(C(=O)NCc3ccc(F)cc3F)cn2N(CCP(=O)(/N=C\C(C)C(=O)OC(C)C)Oc2ccccc2)C12CCCC2. The Bertz CT molecular complexity index is 2300. The first-order chi connectivity index (χ1) is 28.2. The molecule has 3 aromatic carbocycles. The van der Waals surface area contributed by atoms with Gasteiger partial charge in [-0.25, -0.2) is 13.5 Å². The second-order valence-electron chi connectivity index (χ2n) is 14.8. The van der Waals surface area contributed by atoms with E-state index < -0.39 is 59.5 Å². The van der Waals surface area contributed by atoms with Crippen molar-refractivity contribution >= 4 is 31.5 Å².